The van der Waals surface area contributed by atoms with Gasteiger partial charge in [-0.1, -0.05) is 41.6 Å². The van der Waals surface area contributed by atoms with Crippen LogP contribution < -0.4 is 10.6 Å². The smallest absolute Gasteiger partial charge is 0.345 e. The van der Waals surface area contributed by atoms with E-state index < -0.39 is 17.6 Å². The SMILES string of the molecule is Cc1ccc(C)c(-n2c(CNC(=O)c3ccc(C)c(C)c3)nnc2SCC(=O)Nc2cc(C(F)(F)F)ccc2Cl)c1. The summed E-state index contributed by atoms with van der Waals surface area (Å²) in [4.78, 5) is 25.6. The minimum absolute atomic E-state index is 0.0169. The Morgan fingerprint density at radius 2 is 1.66 bits per heavy atom. The highest BCUT2D eigenvalue weighted by atomic mass is 35.5. The molecule has 0 aliphatic heterocycles. The Labute approximate surface area is 244 Å². The summed E-state index contributed by atoms with van der Waals surface area (Å²) in [5.41, 5.74) is 4.21. The van der Waals surface area contributed by atoms with Crippen molar-refractivity contribution < 1.29 is 22.8 Å². The number of halogens is 4. The number of alkyl halides is 3. The van der Waals surface area contributed by atoms with Crippen molar-refractivity contribution in [1.82, 2.24) is 20.1 Å². The Balaban J connectivity index is 1.55. The third-order valence-electron chi connectivity index (χ3n) is 6.38. The zero-order valence-corrected chi connectivity index (χ0v) is 24.3. The van der Waals surface area contributed by atoms with Gasteiger partial charge in [-0.15, -0.1) is 10.2 Å². The molecular weight excluding hydrogens is 575 g/mol. The van der Waals surface area contributed by atoms with E-state index in [1.165, 1.54) is 0 Å². The highest BCUT2D eigenvalue weighted by Crippen LogP contribution is 2.34. The van der Waals surface area contributed by atoms with Crippen molar-refractivity contribution in [3.8, 4) is 5.69 Å². The average molecular weight is 602 g/mol. The minimum Gasteiger partial charge on any atom is -0.345 e. The maximum atomic E-state index is 13.1. The summed E-state index contributed by atoms with van der Waals surface area (Å²) in [6.07, 6.45) is -4.58. The zero-order chi connectivity index (χ0) is 29.9. The molecule has 0 radical (unpaired) electrons. The molecule has 0 aliphatic carbocycles. The third kappa shape index (κ3) is 7.28. The number of hydrogen-bond acceptors (Lipinski definition) is 5. The van der Waals surface area contributed by atoms with Crippen LogP contribution in [0, 0.1) is 27.7 Å². The second kappa shape index (κ2) is 12.4. The Hall–Kier alpha value is -3.83. The maximum absolute atomic E-state index is 13.1. The largest absolute Gasteiger partial charge is 0.416 e. The number of amides is 2. The molecule has 0 saturated carbocycles. The Morgan fingerprint density at radius 3 is 2.37 bits per heavy atom. The molecule has 0 saturated heterocycles. The molecule has 3 aromatic carbocycles. The first-order valence-electron chi connectivity index (χ1n) is 12.5. The van der Waals surface area contributed by atoms with Crippen molar-refractivity contribution in [2.24, 2.45) is 0 Å². The second-order valence-electron chi connectivity index (χ2n) is 9.54. The van der Waals surface area contributed by atoms with Crippen LogP contribution in [0.5, 0.6) is 0 Å². The molecular formula is C29H27ClF3N5O2S. The van der Waals surface area contributed by atoms with Crippen molar-refractivity contribution in [3.05, 3.63) is 98.8 Å². The summed E-state index contributed by atoms with van der Waals surface area (Å²) >= 11 is 7.07. The van der Waals surface area contributed by atoms with Gasteiger partial charge in [0.1, 0.15) is 0 Å². The van der Waals surface area contributed by atoms with Crippen LogP contribution in [0.15, 0.2) is 59.8 Å². The van der Waals surface area contributed by atoms with Crippen LogP contribution in [-0.4, -0.2) is 32.3 Å². The summed E-state index contributed by atoms with van der Waals surface area (Å²) in [5, 5.41) is 14.2. The van der Waals surface area contributed by atoms with E-state index in [4.69, 9.17) is 11.6 Å². The molecule has 0 unspecified atom stereocenters. The summed E-state index contributed by atoms with van der Waals surface area (Å²) in [5.74, 6) is -0.573. The van der Waals surface area contributed by atoms with Crippen molar-refractivity contribution in [3.63, 3.8) is 0 Å². The molecule has 2 N–H and O–H groups in total. The lowest BCUT2D eigenvalue weighted by molar-refractivity contribution is -0.137. The fraction of sp³-hybridized carbons (Fsp3) is 0.241. The third-order valence-corrected chi connectivity index (χ3v) is 7.64. The number of nitrogens with zero attached hydrogens (tertiary/aromatic N) is 3. The number of anilines is 1. The van der Waals surface area contributed by atoms with Crippen molar-refractivity contribution >= 4 is 40.9 Å². The van der Waals surface area contributed by atoms with E-state index in [2.05, 4.69) is 20.8 Å². The predicted molar refractivity (Wildman–Crippen MR) is 154 cm³/mol. The molecule has 0 atom stereocenters. The number of benzene rings is 3. The normalized spacial score (nSPS) is 11.4. The fourth-order valence-electron chi connectivity index (χ4n) is 3.97. The fourth-order valence-corrected chi connectivity index (χ4v) is 4.90. The van der Waals surface area contributed by atoms with Crippen LogP contribution in [0.4, 0.5) is 18.9 Å². The first-order valence-corrected chi connectivity index (χ1v) is 13.9. The van der Waals surface area contributed by atoms with E-state index in [-0.39, 0.29) is 28.9 Å². The van der Waals surface area contributed by atoms with Gasteiger partial charge in [0.2, 0.25) is 5.91 Å². The van der Waals surface area contributed by atoms with Gasteiger partial charge < -0.3 is 10.6 Å². The summed E-state index contributed by atoms with van der Waals surface area (Å²) in [7, 11) is 0. The van der Waals surface area contributed by atoms with Crippen molar-refractivity contribution in [2.75, 3.05) is 11.1 Å². The molecule has 4 rings (SSSR count). The van der Waals surface area contributed by atoms with Gasteiger partial charge in [-0.05, 0) is 86.3 Å². The number of rotatable bonds is 8. The van der Waals surface area contributed by atoms with E-state index in [9.17, 15) is 22.8 Å². The number of nitrogens with one attached hydrogen (secondary N) is 2. The molecule has 7 nitrogen and oxygen atoms in total. The van der Waals surface area contributed by atoms with Gasteiger partial charge in [-0.2, -0.15) is 13.2 Å². The van der Waals surface area contributed by atoms with E-state index >= 15 is 0 Å². The van der Waals surface area contributed by atoms with Crippen molar-refractivity contribution in [1.29, 1.82) is 0 Å². The molecule has 4 aromatic rings. The van der Waals surface area contributed by atoms with E-state index in [1.807, 2.05) is 58.0 Å². The topological polar surface area (TPSA) is 88.9 Å². The van der Waals surface area contributed by atoms with E-state index in [0.717, 1.165) is 57.9 Å². The van der Waals surface area contributed by atoms with Gasteiger partial charge in [-0.25, -0.2) is 0 Å². The maximum Gasteiger partial charge on any atom is 0.416 e. The summed E-state index contributed by atoms with van der Waals surface area (Å²) < 4.78 is 41.1. The Morgan fingerprint density at radius 1 is 0.927 bits per heavy atom. The lowest BCUT2D eigenvalue weighted by Gasteiger charge is -2.15. The number of thioether (sulfide) groups is 1. The lowest BCUT2D eigenvalue weighted by Crippen LogP contribution is -2.25. The van der Waals surface area contributed by atoms with Gasteiger partial charge in [0.15, 0.2) is 11.0 Å². The predicted octanol–water partition coefficient (Wildman–Crippen LogP) is 6.83. The van der Waals surface area contributed by atoms with E-state index in [0.29, 0.717) is 16.5 Å². The number of aromatic nitrogens is 3. The van der Waals surface area contributed by atoms with E-state index in [1.54, 1.807) is 10.6 Å². The van der Waals surface area contributed by atoms with Crippen LogP contribution in [0.2, 0.25) is 5.02 Å². The van der Waals surface area contributed by atoms with Crippen LogP contribution >= 0.6 is 23.4 Å². The molecule has 1 aromatic heterocycles. The summed E-state index contributed by atoms with van der Waals surface area (Å²) in [6, 6.07) is 14.0. The molecule has 0 bridgehead atoms. The Kier molecular flexibility index (Phi) is 9.08. The van der Waals surface area contributed by atoms with Gasteiger partial charge in [0.05, 0.1) is 34.3 Å². The van der Waals surface area contributed by atoms with Gasteiger partial charge in [-0.3, -0.25) is 14.2 Å². The molecule has 0 fully saturated rings. The standard InChI is InChI=1S/C29H27ClF3N5O2S/c1-16-5-6-18(3)24(11-16)38-25(14-34-27(40)20-8-7-17(2)19(4)12-20)36-37-28(38)41-15-26(39)35-23-13-21(29(31,32)33)9-10-22(23)30/h5-13H,14-15H2,1-4H3,(H,34,40)(H,35,39). The molecule has 0 spiro atoms. The number of aryl methyl sites for hydroxylation is 4. The van der Waals surface area contributed by atoms with Crippen LogP contribution in [0.3, 0.4) is 0 Å². The van der Waals surface area contributed by atoms with Gasteiger partial charge in [0, 0.05) is 5.56 Å². The zero-order valence-electron chi connectivity index (χ0n) is 22.7. The highest BCUT2D eigenvalue weighted by molar-refractivity contribution is 7.99. The van der Waals surface area contributed by atoms with Crippen LogP contribution in [0.25, 0.3) is 5.69 Å². The molecule has 214 valence electrons. The molecule has 12 heteroatoms. The average Bonchev–Trinajstić information content (AvgIpc) is 3.32. The molecule has 1 heterocycles. The van der Waals surface area contributed by atoms with Gasteiger partial charge >= 0.3 is 6.18 Å². The Bertz CT molecular complexity index is 1620. The highest BCUT2D eigenvalue weighted by Gasteiger charge is 2.31. The van der Waals surface area contributed by atoms with Crippen LogP contribution in [0.1, 0.15) is 44.0 Å². The molecule has 41 heavy (non-hydrogen) atoms. The second-order valence-corrected chi connectivity index (χ2v) is 10.9. The molecule has 0 aliphatic rings. The van der Waals surface area contributed by atoms with Crippen LogP contribution in [-0.2, 0) is 17.5 Å². The number of hydrogen-bond donors (Lipinski definition) is 2. The first-order chi connectivity index (χ1) is 19.3. The van der Waals surface area contributed by atoms with Gasteiger partial charge in [0.25, 0.3) is 5.91 Å². The summed E-state index contributed by atoms with van der Waals surface area (Å²) in [6.45, 7) is 7.83. The quantitative estimate of drug-likeness (QED) is 0.216. The number of carbonyl (C=O) groups is 2. The number of carbonyl (C=O) groups excluding carboxylic acids is 2. The lowest BCUT2D eigenvalue weighted by atomic mass is 10.1. The first kappa shape index (κ1) is 30.1. The van der Waals surface area contributed by atoms with Crippen molar-refractivity contribution in [2.45, 2.75) is 45.6 Å². The minimum atomic E-state index is -4.58. The monoisotopic (exact) mass is 601 g/mol. The molecule has 2 amide bonds.